The van der Waals surface area contributed by atoms with Crippen LogP contribution in [0.15, 0.2) is 269 Å². The molecule has 688 valence electrons. The SMILES string of the molecule is C=CCc1cc2c(OCC(=O)N(CC(O)COc3cccc4ccccc34)C(C)C)c(c1)Cc1cc(CC=C)cc(c1OCC(=O)N(CC(O)COc1cccc3ccccc13)C(C)C)Cc1cc(CC=C)cc(c1OCC(=O)N(CC(O)COc1cccc3ccccc13)C(C)C)Cc1cc(CC=C)cc(c1OCC(=O)N(CC(O)COc1cccc3ccccc13)C(C)C)C2. The summed E-state index contributed by atoms with van der Waals surface area (Å²) in [5.74, 6) is 2.06. The Kier molecular flexibility index (Phi) is 33.6. The second kappa shape index (κ2) is 46.0. The molecule has 1 aliphatic carbocycles. The van der Waals surface area contributed by atoms with Crippen molar-refractivity contribution in [1.29, 1.82) is 0 Å². The highest BCUT2D eigenvalue weighted by Crippen LogP contribution is 2.43. The van der Waals surface area contributed by atoms with Gasteiger partial charge in [-0.2, -0.15) is 0 Å². The van der Waals surface area contributed by atoms with Gasteiger partial charge in [0.1, 0.15) is 96.8 Å². The van der Waals surface area contributed by atoms with Crippen LogP contribution in [0.5, 0.6) is 46.0 Å². The van der Waals surface area contributed by atoms with Crippen molar-refractivity contribution in [2.75, 3.05) is 79.0 Å². The van der Waals surface area contributed by atoms with Crippen LogP contribution in [0.4, 0.5) is 0 Å². The monoisotopic (exact) mass is 1780 g/mol. The molecule has 4 atom stereocenters. The van der Waals surface area contributed by atoms with E-state index >= 15 is 19.2 Å². The minimum atomic E-state index is -1.12. The molecule has 0 aromatic heterocycles. The summed E-state index contributed by atoms with van der Waals surface area (Å²) < 4.78 is 54.1. The fourth-order valence-corrected chi connectivity index (χ4v) is 17.5. The number of rotatable bonds is 44. The van der Waals surface area contributed by atoms with Gasteiger partial charge in [0.2, 0.25) is 0 Å². The molecule has 8 bridgehead atoms. The van der Waals surface area contributed by atoms with E-state index in [9.17, 15) is 20.4 Å². The number of fused-ring (bicyclic) bond motifs is 12. The van der Waals surface area contributed by atoms with Crippen molar-refractivity contribution in [1.82, 2.24) is 19.6 Å². The first kappa shape index (κ1) is 96.3. The molecule has 12 aromatic rings. The summed E-state index contributed by atoms with van der Waals surface area (Å²) in [6.07, 6.45) is 4.56. The Balaban J connectivity index is 0.937. The number of benzene rings is 12. The third-order valence-electron chi connectivity index (χ3n) is 23.7. The standard InChI is InChI=1S/C112H124N4O16/c1-13-29-77-49-85-57-87-51-78(30-14-2)53-89(110(87)130-70-106(122)114(74(7)8)62-94(118)66-126-102-46-26-38-82-34-18-22-42-98(82)102)59-91-55-80(32-16-4)56-92(112(91)132-72-108(124)116(76(11)12)64-96(120)68-128-104-48-28-40-84-36-20-24-44-100(84)104)60-90-54-79(31-15-3)52-88(111(90)131-71-107(123)115(75(9)10)63-95(119)67-127-103-47-27-39-83-35-19-23-43-99(83)103)58-86(50-77)109(85)129-69-105(121)113(73(5)6)61-93(117)65-125-101-45-25-37-81-33-17-21-41-97(81)101/h13-28,33-56,73-76,93-96,117-120H,1-4,29-32,57-72H2,5-12H3. The summed E-state index contributed by atoms with van der Waals surface area (Å²) in [5, 5.41) is 55.0. The Morgan fingerprint density at radius 3 is 0.644 bits per heavy atom. The summed E-state index contributed by atoms with van der Waals surface area (Å²) in [6, 6.07) is 68.9. The highest BCUT2D eigenvalue weighted by atomic mass is 16.5. The van der Waals surface area contributed by atoms with Gasteiger partial charge in [-0.15, -0.1) is 26.3 Å². The van der Waals surface area contributed by atoms with Crippen molar-refractivity contribution < 1.29 is 77.5 Å². The third kappa shape index (κ3) is 24.9. The van der Waals surface area contributed by atoms with E-state index in [1.54, 1.807) is 19.6 Å². The molecule has 4 N–H and O–H groups in total. The van der Waals surface area contributed by atoms with E-state index in [0.717, 1.165) is 65.3 Å². The molecule has 0 spiro atoms. The Hall–Kier alpha value is -13.2. The van der Waals surface area contributed by atoms with Crippen LogP contribution in [0.25, 0.3) is 43.1 Å². The summed E-state index contributed by atoms with van der Waals surface area (Å²) in [4.78, 5) is 67.9. The fourth-order valence-electron chi connectivity index (χ4n) is 17.5. The van der Waals surface area contributed by atoms with Crippen molar-refractivity contribution in [2.45, 2.75) is 155 Å². The van der Waals surface area contributed by atoms with Crippen LogP contribution in [0.1, 0.15) is 122 Å². The molecule has 1 aliphatic rings. The van der Waals surface area contributed by atoms with E-state index < -0.39 is 98.6 Å². The first-order valence-corrected chi connectivity index (χ1v) is 45.7. The van der Waals surface area contributed by atoms with Gasteiger partial charge < -0.3 is 77.9 Å². The Labute approximate surface area is 775 Å². The van der Waals surface area contributed by atoms with Gasteiger partial charge in [-0.25, -0.2) is 0 Å². The van der Waals surface area contributed by atoms with E-state index in [0.29, 0.717) is 116 Å². The normalized spacial score (nSPS) is 12.8. The number of aliphatic hydroxyl groups excluding tert-OH is 4. The largest absolute Gasteiger partial charge is 0.490 e. The van der Waals surface area contributed by atoms with E-state index in [-0.39, 0.29) is 78.3 Å². The van der Waals surface area contributed by atoms with Crippen molar-refractivity contribution in [3.8, 4) is 46.0 Å². The van der Waals surface area contributed by atoms with Gasteiger partial charge in [0.25, 0.3) is 23.6 Å². The van der Waals surface area contributed by atoms with Gasteiger partial charge in [0.05, 0.1) is 26.2 Å². The van der Waals surface area contributed by atoms with Crippen LogP contribution in [-0.4, -0.2) is 191 Å². The van der Waals surface area contributed by atoms with Gasteiger partial charge in [-0.1, -0.05) is 218 Å². The molecule has 12 aromatic carbocycles. The molecular formula is C112H124N4O16. The zero-order chi connectivity index (χ0) is 93.5. The molecule has 4 unspecified atom stereocenters. The molecule has 0 saturated carbocycles. The maximum atomic E-state index is 15.4. The fraction of sp³-hybridized carbons (Fsp3) is 0.321. The second-order valence-electron chi connectivity index (χ2n) is 35.1. The molecule has 4 amide bonds. The number of amides is 4. The zero-order valence-corrected chi connectivity index (χ0v) is 77.2. The van der Waals surface area contributed by atoms with Gasteiger partial charge in [0, 0.05) is 71.4 Å². The van der Waals surface area contributed by atoms with Crippen molar-refractivity contribution in [3.63, 3.8) is 0 Å². The van der Waals surface area contributed by atoms with Crippen LogP contribution in [0.3, 0.4) is 0 Å². The number of carbonyl (C=O) groups excluding carboxylic acids is 4. The minimum Gasteiger partial charge on any atom is -0.490 e. The first-order valence-electron chi connectivity index (χ1n) is 45.7. The summed E-state index contributed by atoms with van der Waals surface area (Å²) in [7, 11) is 0. The van der Waals surface area contributed by atoms with Gasteiger partial charge in [-0.3, -0.25) is 19.2 Å². The number of hydrogen-bond acceptors (Lipinski definition) is 16. The minimum absolute atomic E-state index is 0.0617. The molecule has 20 nitrogen and oxygen atoms in total. The predicted molar refractivity (Wildman–Crippen MR) is 524 cm³/mol. The van der Waals surface area contributed by atoms with Crippen LogP contribution < -0.4 is 37.9 Å². The van der Waals surface area contributed by atoms with Crippen molar-refractivity contribution in [3.05, 3.63) is 336 Å². The molecular weight excluding hydrogens is 1660 g/mol. The number of ether oxygens (including phenoxy) is 8. The molecule has 0 aliphatic heterocycles. The summed E-state index contributed by atoms with van der Waals surface area (Å²) >= 11 is 0. The Morgan fingerprint density at radius 2 is 0.462 bits per heavy atom. The quantitative estimate of drug-likeness (QED) is 0.0260. The van der Waals surface area contributed by atoms with Gasteiger partial charge in [-0.05, 0) is 194 Å². The van der Waals surface area contributed by atoms with Gasteiger partial charge in [0.15, 0.2) is 26.4 Å². The molecule has 13 rings (SSSR count). The predicted octanol–water partition coefficient (Wildman–Crippen LogP) is 18.1. The molecule has 20 heteroatoms. The molecule has 132 heavy (non-hydrogen) atoms. The third-order valence-corrected chi connectivity index (χ3v) is 23.7. The lowest BCUT2D eigenvalue weighted by Crippen LogP contribution is -2.45. The summed E-state index contributed by atoms with van der Waals surface area (Å²) in [6.45, 7) is 29.2. The number of allylic oxidation sites excluding steroid dienone is 4. The van der Waals surface area contributed by atoms with Crippen molar-refractivity contribution in [2.24, 2.45) is 0 Å². The lowest BCUT2D eigenvalue weighted by molar-refractivity contribution is -0.137. The first-order chi connectivity index (χ1) is 63.8. The lowest BCUT2D eigenvalue weighted by Gasteiger charge is -2.30. The zero-order valence-electron chi connectivity index (χ0n) is 77.2. The maximum absolute atomic E-state index is 15.4. The topological polar surface area (TPSA) is 236 Å². The maximum Gasteiger partial charge on any atom is 0.260 e. The Morgan fingerprint density at radius 1 is 0.280 bits per heavy atom. The highest BCUT2D eigenvalue weighted by molar-refractivity contribution is 5.91. The smallest absolute Gasteiger partial charge is 0.260 e. The number of carbonyl (C=O) groups is 4. The Bertz CT molecular complexity index is 5230. The average molecular weight is 1780 g/mol. The number of nitrogens with zero attached hydrogens (tertiary/aromatic N) is 4. The highest BCUT2D eigenvalue weighted by Gasteiger charge is 2.32. The van der Waals surface area contributed by atoms with E-state index in [1.807, 2.05) is 298 Å². The van der Waals surface area contributed by atoms with Crippen LogP contribution >= 0.6 is 0 Å². The van der Waals surface area contributed by atoms with E-state index in [2.05, 4.69) is 26.3 Å². The second-order valence-corrected chi connectivity index (χ2v) is 35.1. The molecule has 0 saturated heterocycles. The average Bonchev–Trinajstić information content (AvgIpc) is 0.767. The summed E-state index contributed by atoms with van der Waals surface area (Å²) in [5.41, 5.74) is 8.28. The molecule has 0 fully saturated rings. The van der Waals surface area contributed by atoms with E-state index in [1.165, 1.54) is 0 Å². The molecule has 0 radical (unpaired) electrons. The van der Waals surface area contributed by atoms with Crippen LogP contribution in [0, 0.1) is 0 Å². The molecule has 0 heterocycles. The lowest BCUT2D eigenvalue weighted by atomic mass is 9.87. The number of hydrogen-bond donors (Lipinski definition) is 4. The van der Waals surface area contributed by atoms with Crippen LogP contribution in [-0.2, 0) is 70.5 Å². The number of aliphatic hydroxyl groups is 4. The van der Waals surface area contributed by atoms with Crippen LogP contribution in [0.2, 0.25) is 0 Å². The van der Waals surface area contributed by atoms with Crippen molar-refractivity contribution >= 4 is 66.7 Å². The van der Waals surface area contributed by atoms with E-state index in [4.69, 9.17) is 37.9 Å². The van der Waals surface area contributed by atoms with Gasteiger partial charge >= 0.3 is 0 Å².